The number of nitrogens with zero attached hydrogens (tertiary/aromatic N) is 1. The molecule has 1 aromatic heterocycles. The van der Waals surface area contributed by atoms with Crippen molar-refractivity contribution in [3.63, 3.8) is 0 Å². The molecule has 0 radical (unpaired) electrons. The molecule has 6 heteroatoms. The fourth-order valence-electron chi connectivity index (χ4n) is 4.41. The third-order valence-electron chi connectivity index (χ3n) is 6.57. The molecule has 0 saturated carbocycles. The van der Waals surface area contributed by atoms with E-state index in [1.165, 1.54) is 71.1 Å². The van der Waals surface area contributed by atoms with Crippen molar-refractivity contribution in [3.8, 4) is 0 Å². The van der Waals surface area contributed by atoms with Crippen molar-refractivity contribution in [2.75, 3.05) is 6.54 Å². The van der Waals surface area contributed by atoms with Crippen LogP contribution in [0.2, 0.25) is 0 Å². The molecule has 190 valence electrons. The van der Waals surface area contributed by atoms with Gasteiger partial charge in [0, 0.05) is 24.5 Å². The van der Waals surface area contributed by atoms with Gasteiger partial charge < -0.3 is 20.3 Å². The first-order chi connectivity index (χ1) is 16.5. The second-order valence-corrected chi connectivity index (χ2v) is 9.52. The lowest BCUT2D eigenvalue weighted by atomic mass is 10.1. The van der Waals surface area contributed by atoms with Crippen LogP contribution >= 0.6 is 0 Å². The fraction of sp³-hybridized carbons (Fsp3) is 0.643. The van der Waals surface area contributed by atoms with Crippen molar-refractivity contribution in [1.29, 1.82) is 0 Å². The normalized spacial score (nSPS) is 13.1. The number of aromatic nitrogens is 1. The van der Waals surface area contributed by atoms with E-state index in [0.29, 0.717) is 12.2 Å². The molecule has 6 nitrogen and oxygen atoms in total. The number of carbonyl (C=O) groups is 2. The lowest BCUT2D eigenvalue weighted by Gasteiger charge is -2.21. The summed E-state index contributed by atoms with van der Waals surface area (Å²) in [7, 11) is 1.82. The monoisotopic (exact) mass is 471 g/mol. The van der Waals surface area contributed by atoms with Gasteiger partial charge in [-0.25, -0.2) is 0 Å². The van der Waals surface area contributed by atoms with Crippen LogP contribution in [0.4, 0.5) is 0 Å². The number of nitrogens with one attached hydrogen (secondary N) is 2. The van der Waals surface area contributed by atoms with E-state index in [-0.39, 0.29) is 11.8 Å². The van der Waals surface area contributed by atoms with Gasteiger partial charge in [0.05, 0.1) is 6.10 Å². The highest BCUT2D eigenvalue weighted by Crippen LogP contribution is 2.18. The quantitative estimate of drug-likeness (QED) is 0.267. The van der Waals surface area contributed by atoms with E-state index >= 15 is 0 Å². The molecule has 0 fully saturated rings. The van der Waals surface area contributed by atoms with Crippen molar-refractivity contribution in [1.82, 2.24) is 15.2 Å². The predicted molar refractivity (Wildman–Crippen MR) is 140 cm³/mol. The van der Waals surface area contributed by atoms with Gasteiger partial charge in [-0.2, -0.15) is 0 Å². The van der Waals surface area contributed by atoms with Crippen molar-refractivity contribution in [2.45, 2.75) is 103 Å². The second-order valence-electron chi connectivity index (χ2n) is 9.52. The minimum atomic E-state index is -0.986. The zero-order valence-electron chi connectivity index (χ0n) is 21.4. The smallest absolute Gasteiger partial charge is 0.268 e. The summed E-state index contributed by atoms with van der Waals surface area (Å²) in [5.74, 6) is -0.713. The highest BCUT2D eigenvalue weighted by atomic mass is 16.3. The first-order valence-electron chi connectivity index (χ1n) is 13.3. The molecule has 2 aromatic rings. The Kier molecular flexibility index (Phi) is 12.8. The number of benzene rings is 1. The van der Waals surface area contributed by atoms with E-state index in [9.17, 15) is 14.7 Å². The van der Waals surface area contributed by atoms with E-state index in [1.54, 1.807) is 10.6 Å². The Hall–Kier alpha value is -2.34. The van der Waals surface area contributed by atoms with Crippen LogP contribution < -0.4 is 10.6 Å². The molecular weight excluding hydrogens is 426 g/mol. The number of fused-ring (bicyclic) bond motifs is 1. The minimum Gasteiger partial charge on any atom is -0.391 e. The Bertz CT molecular complexity index is 875. The van der Waals surface area contributed by atoms with Crippen LogP contribution in [0.1, 0.15) is 101 Å². The molecule has 0 saturated heterocycles. The van der Waals surface area contributed by atoms with Crippen molar-refractivity contribution in [2.24, 2.45) is 7.05 Å². The number of para-hydroxylation sites is 1. The number of rotatable bonds is 17. The van der Waals surface area contributed by atoms with Crippen molar-refractivity contribution in [3.05, 3.63) is 36.0 Å². The number of hydrogen-bond acceptors (Lipinski definition) is 3. The topological polar surface area (TPSA) is 83.4 Å². The predicted octanol–water partition coefficient (Wildman–Crippen LogP) is 5.47. The first kappa shape index (κ1) is 27.9. The molecule has 0 unspecified atom stereocenters. The summed E-state index contributed by atoms with van der Waals surface area (Å²) < 4.78 is 1.80. The summed E-state index contributed by atoms with van der Waals surface area (Å²) in [6.07, 6.45) is 14.2. The standard InChI is InChI=1S/C28H45N3O3/c1-4-5-6-7-8-9-10-11-12-13-14-17-20-29-28(34)26(22(2)32)30-27(33)25-21-23-18-15-16-19-24(23)31(25)3/h15-16,18-19,21-22,26,32H,4-14,17,20H2,1-3H3,(H,29,34)(H,30,33)/t22-,26+/m1/s1. The minimum absolute atomic E-state index is 0.342. The summed E-state index contributed by atoms with van der Waals surface area (Å²) in [4.78, 5) is 25.4. The average Bonchev–Trinajstić information content (AvgIpc) is 3.16. The summed E-state index contributed by atoms with van der Waals surface area (Å²) in [6, 6.07) is 8.55. The molecule has 2 atom stereocenters. The van der Waals surface area contributed by atoms with E-state index in [4.69, 9.17) is 0 Å². The summed E-state index contributed by atoms with van der Waals surface area (Å²) in [6.45, 7) is 4.33. The van der Waals surface area contributed by atoms with Crippen LogP contribution in [0.5, 0.6) is 0 Å². The van der Waals surface area contributed by atoms with E-state index in [1.807, 2.05) is 31.3 Å². The summed E-state index contributed by atoms with van der Waals surface area (Å²) >= 11 is 0. The van der Waals surface area contributed by atoms with Gasteiger partial charge in [-0.3, -0.25) is 9.59 Å². The zero-order valence-corrected chi connectivity index (χ0v) is 21.4. The molecule has 0 aliphatic rings. The van der Waals surface area contributed by atoms with Crippen LogP contribution in [0.25, 0.3) is 10.9 Å². The molecule has 1 heterocycles. The van der Waals surface area contributed by atoms with Gasteiger partial charge in [0.2, 0.25) is 5.91 Å². The van der Waals surface area contributed by atoms with Gasteiger partial charge in [-0.15, -0.1) is 0 Å². The Balaban J connectivity index is 1.64. The van der Waals surface area contributed by atoms with Crippen LogP contribution in [-0.2, 0) is 11.8 Å². The van der Waals surface area contributed by atoms with Crippen molar-refractivity contribution >= 4 is 22.7 Å². The molecule has 1 aromatic carbocycles. The largest absolute Gasteiger partial charge is 0.391 e. The average molecular weight is 472 g/mol. The van der Waals surface area contributed by atoms with Gasteiger partial charge in [0.15, 0.2) is 0 Å². The van der Waals surface area contributed by atoms with Gasteiger partial charge in [-0.1, -0.05) is 95.8 Å². The lowest BCUT2D eigenvalue weighted by Crippen LogP contribution is -2.52. The lowest BCUT2D eigenvalue weighted by molar-refractivity contribution is -0.125. The third kappa shape index (κ3) is 9.13. The van der Waals surface area contributed by atoms with Crippen LogP contribution in [0.15, 0.2) is 30.3 Å². The summed E-state index contributed by atoms with van der Waals surface area (Å²) in [5, 5.41) is 16.7. The van der Waals surface area contributed by atoms with Gasteiger partial charge in [0.1, 0.15) is 11.7 Å². The number of unbranched alkanes of at least 4 members (excludes halogenated alkanes) is 11. The molecule has 0 aliphatic heterocycles. The van der Waals surface area contributed by atoms with Crippen molar-refractivity contribution < 1.29 is 14.7 Å². The van der Waals surface area contributed by atoms with Gasteiger partial charge in [0.25, 0.3) is 5.91 Å². The van der Waals surface area contributed by atoms with Gasteiger partial charge >= 0.3 is 0 Å². The molecular formula is C28H45N3O3. The van der Waals surface area contributed by atoms with Gasteiger partial charge in [-0.05, 0) is 25.5 Å². The first-order valence-corrected chi connectivity index (χ1v) is 13.3. The zero-order chi connectivity index (χ0) is 24.8. The maximum Gasteiger partial charge on any atom is 0.268 e. The molecule has 2 amide bonds. The van der Waals surface area contributed by atoms with Crippen LogP contribution in [-0.4, -0.2) is 40.2 Å². The Labute approximate surface area is 205 Å². The molecule has 3 N–H and O–H groups in total. The Morgan fingerprint density at radius 2 is 1.47 bits per heavy atom. The van der Waals surface area contributed by atoms with Crippen LogP contribution in [0.3, 0.4) is 0 Å². The number of aliphatic hydroxyl groups excluding tert-OH is 1. The molecule has 34 heavy (non-hydrogen) atoms. The summed E-state index contributed by atoms with van der Waals surface area (Å²) in [5.41, 5.74) is 1.40. The third-order valence-corrected chi connectivity index (χ3v) is 6.57. The number of aryl methyl sites for hydroxylation is 1. The molecule has 0 bridgehead atoms. The SMILES string of the molecule is CCCCCCCCCCCCCCNC(=O)[C@@H](NC(=O)c1cc2ccccc2n1C)[C@@H](C)O. The molecule has 0 spiro atoms. The Morgan fingerprint density at radius 1 is 0.912 bits per heavy atom. The van der Waals surface area contributed by atoms with E-state index < -0.39 is 12.1 Å². The Morgan fingerprint density at radius 3 is 2.03 bits per heavy atom. The maximum absolute atomic E-state index is 12.8. The van der Waals surface area contributed by atoms with Crippen LogP contribution in [0, 0.1) is 0 Å². The fourth-order valence-corrected chi connectivity index (χ4v) is 4.41. The van der Waals surface area contributed by atoms with E-state index in [2.05, 4.69) is 17.6 Å². The highest BCUT2D eigenvalue weighted by Gasteiger charge is 2.27. The number of aliphatic hydroxyl groups is 1. The van der Waals surface area contributed by atoms with E-state index in [0.717, 1.165) is 23.7 Å². The highest BCUT2D eigenvalue weighted by molar-refractivity contribution is 6.00. The number of hydrogen-bond donors (Lipinski definition) is 3. The molecule has 2 rings (SSSR count). The molecule has 0 aliphatic carbocycles. The maximum atomic E-state index is 12.8. The second kappa shape index (κ2) is 15.5. The number of carbonyl (C=O) groups excluding carboxylic acids is 2. The number of amides is 2.